The molecule has 0 bridgehead atoms. The van der Waals surface area contributed by atoms with E-state index in [1.165, 1.54) is 44.5 Å². The minimum Gasteiger partial charge on any atom is -0.456 e. The van der Waals surface area contributed by atoms with Crippen LogP contribution in [0, 0.1) is 55.4 Å². The summed E-state index contributed by atoms with van der Waals surface area (Å²) in [6.45, 7) is 17.4. The summed E-state index contributed by atoms with van der Waals surface area (Å²) < 4.78 is 13.9. The second-order valence-corrected chi connectivity index (χ2v) is 17.7. The molecule has 302 valence electrons. The van der Waals surface area contributed by atoms with Gasteiger partial charge < -0.3 is 18.6 Å². The van der Waals surface area contributed by atoms with Crippen molar-refractivity contribution in [2.45, 2.75) is 55.4 Å². The molecule has 4 nitrogen and oxygen atoms in total. The molecule has 2 aromatic heterocycles. The topological polar surface area (TPSA) is 32.8 Å². The minimum atomic E-state index is 0.801. The maximum Gasteiger partial charge on any atom is 0.139 e. The standard InChI is InChI=1S/C58H48N2O2/c1-33-17-34(2)22-41(21-33)59(42-23-35(3)18-36(4)24-42)51-30-55-57(47-15-11-9-13-45(47)51)49-29-50-54(32-53(49)61-55)62-56-31-52(46-14-10-12-16-48(46)58(50)56)60(43-25-37(5)19-38(6)26-43)44-27-39(7)20-40(8)28-44/h9-32H,1-8H3. The summed E-state index contributed by atoms with van der Waals surface area (Å²) in [5, 5.41) is 8.97. The first-order valence-corrected chi connectivity index (χ1v) is 21.6. The first-order valence-electron chi connectivity index (χ1n) is 21.6. The summed E-state index contributed by atoms with van der Waals surface area (Å²) in [4.78, 5) is 4.80. The van der Waals surface area contributed by atoms with Crippen LogP contribution in [-0.4, -0.2) is 0 Å². The highest BCUT2D eigenvalue weighted by Crippen LogP contribution is 2.49. The second kappa shape index (κ2) is 14.1. The molecule has 0 saturated heterocycles. The predicted octanol–water partition coefficient (Wildman–Crippen LogP) is 17.2. The van der Waals surface area contributed by atoms with Crippen molar-refractivity contribution >= 4 is 99.5 Å². The van der Waals surface area contributed by atoms with Crippen molar-refractivity contribution in [3.8, 4) is 0 Å². The van der Waals surface area contributed by atoms with Gasteiger partial charge in [-0.3, -0.25) is 0 Å². The average molecular weight is 805 g/mol. The first-order chi connectivity index (χ1) is 29.9. The molecule has 0 N–H and O–H groups in total. The Balaban J connectivity index is 1.17. The molecule has 0 fully saturated rings. The van der Waals surface area contributed by atoms with Crippen LogP contribution < -0.4 is 9.80 Å². The molecular weight excluding hydrogens is 757 g/mol. The largest absolute Gasteiger partial charge is 0.456 e. The molecule has 2 heterocycles. The van der Waals surface area contributed by atoms with E-state index in [2.05, 4.69) is 211 Å². The fourth-order valence-corrected chi connectivity index (χ4v) is 10.3. The van der Waals surface area contributed by atoms with Gasteiger partial charge in [0.2, 0.25) is 0 Å². The van der Waals surface area contributed by atoms with Crippen LogP contribution in [0.1, 0.15) is 44.5 Å². The van der Waals surface area contributed by atoms with Crippen LogP contribution in [0.4, 0.5) is 34.1 Å². The van der Waals surface area contributed by atoms with Gasteiger partial charge in [0.05, 0.1) is 11.4 Å². The lowest BCUT2D eigenvalue weighted by molar-refractivity contribution is 0.656. The van der Waals surface area contributed by atoms with E-state index >= 15 is 0 Å². The third kappa shape index (κ3) is 6.20. The summed E-state index contributed by atoms with van der Waals surface area (Å²) in [5.74, 6) is 0. The van der Waals surface area contributed by atoms with Crippen molar-refractivity contribution in [1.29, 1.82) is 0 Å². The van der Waals surface area contributed by atoms with Crippen molar-refractivity contribution in [3.05, 3.63) is 190 Å². The maximum atomic E-state index is 6.94. The zero-order valence-electron chi connectivity index (χ0n) is 36.6. The molecule has 4 heteroatoms. The number of furan rings is 2. The molecule has 0 amide bonds. The highest BCUT2D eigenvalue weighted by Gasteiger charge is 2.25. The van der Waals surface area contributed by atoms with Gasteiger partial charge in [-0.05, 0) is 165 Å². The maximum absolute atomic E-state index is 6.94. The van der Waals surface area contributed by atoms with E-state index in [-0.39, 0.29) is 0 Å². The average Bonchev–Trinajstić information content (AvgIpc) is 3.76. The number of hydrogen-bond donors (Lipinski definition) is 0. The number of hydrogen-bond acceptors (Lipinski definition) is 4. The van der Waals surface area contributed by atoms with Crippen LogP contribution in [0.25, 0.3) is 65.4 Å². The number of rotatable bonds is 6. The predicted molar refractivity (Wildman–Crippen MR) is 263 cm³/mol. The van der Waals surface area contributed by atoms with Crippen molar-refractivity contribution in [2.75, 3.05) is 9.80 Å². The van der Waals surface area contributed by atoms with E-state index in [1.807, 2.05) is 0 Å². The minimum absolute atomic E-state index is 0.801. The lowest BCUT2D eigenvalue weighted by Gasteiger charge is -2.28. The van der Waals surface area contributed by atoms with Crippen LogP contribution in [0.5, 0.6) is 0 Å². The van der Waals surface area contributed by atoms with Gasteiger partial charge >= 0.3 is 0 Å². The van der Waals surface area contributed by atoms with Gasteiger partial charge in [0.1, 0.15) is 22.3 Å². The first kappa shape index (κ1) is 37.7. The summed E-state index contributed by atoms with van der Waals surface area (Å²) in [6, 6.07) is 53.6. The summed E-state index contributed by atoms with van der Waals surface area (Å²) in [5.41, 5.74) is 19.7. The summed E-state index contributed by atoms with van der Waals surface area (Å²) in [6.07, 6.45) is 0. The highest BCUT2D eigenvalue weighted by atomic mass is 16.3. The molecule has 0 aliphatic rings. The molecule has 62 heavy (non-hydrogen) atoms. The number of nitrogens with zero attached hydrogens (tertiary/aromatic N) is 2. The third-order valence-electron chi connectivity index (χ3n) is 12.4. The Morgan fingerprint density at radius 1 is 0.274 bits per heavy atom. The Hall–Kier alpha value is -7.30. The molecule has 0 aliphatic heterocycles. The van der Waals surface area contributed by atoms with Gasteiger partial charge in [-0.25, -0.2) is 0 Å². The number of fused-ring (bicyclic) bond motifs is 10. The van der Waals surface area contributed by atoms with Crippen molar-refractivity contribution in [2.24, 2.45) is 0 Å². The zero-order chi connectivity index (χ0) is 42.6. The van der Waals surface area contributed by atoms with Gasteiger partial charge in [0, 0.05) is 73.3 Å². The number of benzene rings is 9. The van der Waals surface area contributed by atoms with Gasteiger partial charge in [-0.1, -0.05) is 72.8 Å². The quantitative estimate of drug-likeness (QED) is 0.168. The van der Waals surface area contributed by atoms with E-state index in [0.717, 1.165) is 99.5 Å². The summed E-state index contributed by atoms with van der Waals surface area (Å²) in [7, 11) is 0. The Morgan fingerprint density at radius 2 is 0.565 bits per heavy atom. The Labute approximate surface area is 362 Å². The SMILES string of the molecule is Cc1cc(C)cc(N(c2cc(C)cc(C)c2)c2cc3oc4cc5oc6cc(N(c7cc(C)cc(C)c7)c7cc(C)cc(C)c7)c7ccccc7c6c5cc4c3c3ccccc23)c1. The van der Waals surface area contributed by atoms with Crippen LogP contribution in [0.3, 0.4) is 0 Å². The summed E-state index contributed by atoms with van der Waals surface area (Å²) >= 11 is 0. The molecule has 0 atom stereocenters. The zero-order valence-corrected chi connectivity index (χ0v) is 36.6. The van der Waals surface area contributed by atoms with E-state index < -0.39 is 0 Å². The highest BCUT2D eigenvalue weighted by molar-refractivity contribution is 6.28. The van der Waals surface area contributed by atoms with Crippen LogP contribution in [-0.2, 0) is 0 Å². The Bertz CT molecular complexity index is 3220. The fourth-order valence-electron chi connectivity index (χ4n) is 10.3. The molecule has 9 aromatic carbocycles. The second-order valence-electron chi connectivity index (χ2n) is 17.7. The van der Waals surface area contributed by atoms with E-state index in [0.29, 0.717) is 0 Å². The van der Waals surface area contributed by atoms with E-state index in [1.54, 1.807) is 0 Å². The molecule has 11 aromatic rings. The molecule has 11 rings (SSSR count). The van der Waals surface area contributed by atoms with Gasteiger partial charge in [0.25, 0.3) is 0 Å². The monoisotopic (exact) mass is 804 g/mol. The molecule has 0 saturated carbocycles. The lowest BCUT2D eigenvalue weighted by Crippen LogP contribution is -2.11. The molecule has 0 aliphatic carbocycles. The van der Waals surface area contributed by atoms with Gasteiger partial charge in [-0.2, -0.15) is 0 Å². The van der Waals surface area contributed by atoms with Crippen LogP contribution in [0.2, 0.25) is 0 Å². The third-order valence-corrected chi connectivity index (χ3v) is 12.4. The Morgan fingerprint density at radius 3 is 0.871 bits per heavy atom. The lowest BCUT2D eigenvalue weighted by atomic mass is 9.97. The van der Waals surface area contributed by atoms with Gasteiger partial charge in [-0.15, -0.1) is 0 Å². The van der Waals surface area contributed by atoms with Gasteiger partial charge in [0.15, 0.2) is 0 Å². The molecule has 0 spiro atoms. The Kier molecular flexibility index (Phi) is 8.59. The fraction of sp³-hybridized carbons (Fsp3) is 0.138. The van der Waals surface area contributed by atoms with Crippen molar-refractivity contribution < 1.29 is 8.83 Å². The van der Waals surface area contributed by atoms with E-state index in [9.17, 15) is 0 Å². The molecule has 0 unspecified atom stereocenters. The van der Waals surface area contributed by atoms with Crippen molar-refractivity contribution in [3.63, 3.8) is 0 Å². The number of aryl methyl sites for hydroxylation is 8. The smallest absolute Gasteiger partial charge is 0.139 e. The number of anilines is 6. The van der Waals surface area contributed by atoms with E-state index in [4.69, 9.17) is 8.83 Å². The van der Waals surface area contributed by atoms with Crippen LogP contribution >= 0.6 is 0 Å². The molecule has 0 radical (unpaired) electrons. The molecular formula is C58H48N2O2. The normalized spacial score (nSPS) is 11.9. The van der Waals surface area contributed by atoms with Crippen LogP contribution in [0.15, 0.2) is 154 Å². The van der Waals surface area contributed by atoms with Crippen molar-refractivity contribution in [1.82, 2.24) is 0 Å².